The monoisotopic (exact) mass is 416 g/mol. The molecule has 2 bridgehead atoms. The second kappa shape index (κ2) is 6.52. The number of hydrogen-bond acceptors (Lipinski definition) is 5. The van der Waals surface area contributed by atoms with E-state index in [0.717, 1.165) is 47.1 Å². The largest absolute Gasteiger partial charge is 0.508 e. The van der Waals surface area contributed by atoms with Gasteiger partial charge < -0.3 is 15.3 Å². The van der Waals surface area contributed by atoms with Crippen molar-refractivity contribution in [2.24, 2.45) is 0 Å². The number of rotatable bonds is 2. The highest BCUT2D eigenvalue weighted by atomic mass is 16.3. The first-order valence-corrected chi connectivity index (χ1v) is 11.2. The summed E-state index contributed by atoms with van der Waals surface area (Å²) in [4.78, 5) is 7.29. The lowest BCUT2D eigenvalue weighted by molar-refractivity contribution is -0.155. The molecule has 1 aromatic heterocycles. The van der Waals surface area contributed by atoms with E-state index in [1.807, 2.05) is 37.3 Å². The molecule has 2 heterocycles. The van der Waals surface area contributed by atoms with E-state index in [-0.39, 0.29) is 11.8 Å². The van der Waals surface area contributed by atoms with Crippen LogP contribution in [0.3, 0.4) is 0 Å². The Labute approximate surface area is 182 Å². The number of nitrogens with zero attached hydrogens (tertiary/aromatic N) is 2. The number of benzene rings is 2. The van der Waals surface area contributed by atoms with Crippen molar-refractivity contribution >= 4 is 10.9 Å². The highest BCUT2D eigenvalue weighted by Gasteiger charge is 2.64. The molecule has 0 amide bonds. The molecule has 2 aliphatic carbocycles. The summed E-state index contributed by atoms with van der Waals surface area (Å²) in [5.41, 5.74) is 3.96. The maximum absolute atomic E-state index is 12.5. The Bertz CT molecular complexity index is 1190. The van der Waals surface area contributed by atoms with Crippen molar-refractivity contribution in [1.82, 2.24) is 9.88 Å². The number of aliphatic hydroxyl groups is 2. The van der Waals surface area contributed by atoms with Gasteiger partial charge in [-0.3, -0.25) is 9.88 Å². The van der Waals surface area contributed by atoms with Gasteiger partial charge >= 0.3 is 0 Å². The first-order chi connectivity index (χ1) is 14.9. The van der Waals surface area contributed by atoms with Crippen LogP contribution in [-0.2, 0) is 24.7 Å². The molecule has 6 rings (SSSR count). The quantitative estimate of drug-likeness (QED) is 0.599. The van der Waals surface area contributed by atoms with Crippen LogP contribution < -0.4 is 0 Å². The van der Waals surface area contributed by atoms with Crippen LogP contribution in [0.5, 0.6) is 5.75 Å². The number of aliphatic hydroxyl groups excluding tert-OH is 1. The minimum atomic E-state index is -0.974. The Balaban J connectivity index is 1.57. The van der Waals surface area contributed by atoms with E-state index in [1.165, 1.54) is 5.56 Å². The van der Waals surface area contributed by atoms with E-state index in [4.69, 9.17) is 4.98 Å². The number of fused-ring (bicyclic) bond motifs is 3. The van der Waals surface area contributed by atoms with E-state index < -0.39 is 17.1 Å². The Hall–Kier alpha value is -2.47. The third-order valence-corrected chi connectivity index (χ3v) is 7.99. The first kappa shape index (κ1) is 19.2. The lowest BCUT2D eigenvalue weighted by Gasteiger charge is -2.63. The number of pyridine rings is 1. The third-order valence-electron chi connectivity index (χ3n) is 7.99. The number of phenolic OH excluding ortho intramolecular Hbond substituents is 1. The Morgan fingerprint density at radius 2 is 1.97 bits per heavy atom. The van der Waals surface area contributed by atoms with Crippen LogP contribution in [0.15, 0.2) is 48.5 Å². The maximum Gasteiger partial charge on any atom is 0.115 e. The second-order valence-corrected chi connectivity index (χ2v) is 9.80. The van der Waals surface area contributed by atoms with Gasteiger partial charge in [-0.15, -0.1) is 0 Å². The number of aromatic nitrogens is 1. The molecule has 3 N–H and O–H groups in total. The van der Waals surface area contributed by atoms with E-state index in [2.05, 4.69) is 17.0 Å². The van der Waals surface area contributed by atoms with Crippen molar-refractivity contribution in [3.63, 3.8) is 0 Å². The van der Waals surface area contributed by atoms with Gasteiger partial charge in [-0.25, -0.2) is 0 Å². The van der Waals surface area contributed by atoms with Crippen LogP contribution in [0.4, 0.5) is 0 Å². The Kier molecular flexibility index (Phi) is 4.04. The number of phenols is 1. The zero-order valence-corrected chi connectivity index (χ0v) is 17.8. The SMILES string of the molecule is C[C@@H](O)CN1CC[C@]23Cc4nc5ccccc5cc4C[C@@]2(O)[C@H]1Cc1ccc(O)cc13. The van der Waals surface area contributed by atoms with E-state index in [1.54, 1.807) is 6.07 Å². The number of β-amino-alcohol motifs (C(OH)–C–C–N with tert-alkyl or cyclic N) is 1. The average Bonchev–Trinajstić information content (AvgIpc) is 2.73. The molecule has 1 aliphatic heterocycles. The number of aromatic hydroxyl groups is 1. The molecule has 0 radical (unpaired) electrons. The summed E-state index contributed by atoms with van der Waals surface area (Å²) < 4.78 is 0. The topological polar surface area (TPSA) is 76.8 Å². The average molecular weight is 417 g/mol. The van der Waals surface area contributed by atoms with Crippen LogP contribution in [0.25, 0.3) is 10.9 Å². The molecular weight excluding hydrogens is 388 g/mol. The fourth-order valence-electron chi connectivity index (χ4n) is 6.65. The number of hydrogen-bond donors (Lipinski definition) is 3. The van der Waals surface area contributed by atoms with Gasteiger partial charge in [-0.05, 0) is 67.3 Å². The lowest BCUT2D eigenvalue weighted by Crippen LogP contribution is -2.74. The van der Waals surface area contributed by atoms with Crippen molar-refractivity contribution < 1.29 is 15.3 Å². The van der Waals surface area contributed by atoms with Crippen molar-refractivity contribution in [1.29, 1.82) is 0 Å². The summed E-state index contributed by atoms with van der Waals surface area (Å²) in [5, 5.41) is 34.0. The minimum absolute atomic E-state index is 0.0764. The highest BCUT2D eigenvalue weighted by molar-refractivity contribution is 5.79. The molecule has 1 saturated heterocycles. The van der Waals surface area contributed by atoms with Crippen LogP contribution >= 0.6 is 0 Å². The Morgan fingerprint density at radius 3 is 2.81 bits per heavy atom. The molecule has 31 heavy (non-hydrogen) atoms. The summed E-state index contributed by atoms with van der Waals surface area (Å²) in [7, 11) is 0. The van der Waals surface area contributed by atoms with Gasteiger partial charge in [-0.1, -0.05) is 24.3 Å². The van der Waals surface area contributed by atoms with Crippen LogP contribution in [0.2, 0.25) is 0 Å². The van der Waals surface area contributed by atoms with Crippen LogP contribution in [0, 0.1) is 0 Å². The molecule has 2 aromatic carbocycles. The Morgan fingerprint density at radius 1 is 1.13 bits per heavy atom. The van der Waals surface area contributed by atoms with E-state index in [0.29, 0.717) is 19.4 Å². The summed E-state index contributed by atoms with van der Waals surface area (Å²) in [6.45, 7) is 3.18. The summed E-state index contributed by atoms with van der Waals surface area (Å²) in [6.07, 6.45) is 2.25. The van der Waals surface area contributed by atoms with Crippen LogP contribution in [-0.4, -0.2) is 56.0 Å². The molecule has 3 aliphatic rings. The lowest BCUT2D eigenvalue weighted by atomic mass is 9.49. The summed E-state index contributed by atoms with van der Waals surface area (Å²) >= 11 is 0. The fourth-order valence-corrected chi connectivity index (χ4v) is 6.65. The number of likely N-dealkylation sites (tertiary alicyclic amines) is 1. The molecule has 1 fully saturated rings. The van der Waals surface area contributed by atoms with Gasteiger partial charge in [0, 0.05) is 41.9 Å². The maximum atomic E-state index is 12.5. The number of piperidine rings is 1. The normalized spacial score (nSPS) is 30.4. The van der Waals surface area contributed by atoms with Gasteiger partial charge in [0.15, 0.2) is 0 Å². The minimum Gasteiger partial charge on any atom is -0.508 e. The van der Waals surface area contributed by atoms with E-state index in [9.17, 15) is 15.3 Å². The van der Waals surface area contributed by atoms with Gasteiger partial charge in [0.05, 0.1) is 17.2 Å². The molecule has 160 valence electrons. The number of para-hydroxylation sites is 1. The molecule has 5 nitrogen and oxygen atoms in total. The van der Waals surface area contributed by atoms with Crippen molar-refractivity contribution in [2.45, 2.75) is 55.8 Å². The highest BCUT2D eigenvalue weighted by Crippen LogP contribution is 2.57. The first-order valence-electron chi connectivity index (χ1n) is 11.2. The second-order valence-electron chi connectivity index (χ2n) is 9.80. The van der Waals surface area contributed by atoms with Crippen molar-refractivity contribution in [2.75, 3.05) is 13.1 Å². The van der Waals surface area contributed by atoms with E-state index >= 15 is 0 Å². The molecule has 3 aromatic rings. The standard InChI is InChI=1S/C26H28N2O3/c1-16(29)15-28-9-8-25-14-23-19(10-18-4-2-3-5-22(18)27-23)13-26(25,31)24(28)11-17-6-7-20(30)12-21(17)25/h2-7,10,12,16,24,29-31H,8-9,11,13-15H2,1H3/t16-,24-,25-,26-/m1/s1. The smallest absolute Gasteiger partial charge is 0.115 e. The summed E-state index contributed by atoms with van der Waals surface area (Å²) in [6, 6.07) is 15.9. The third kappa shape index (κ3) is 2.63. The predicted octanol–water partition coefficient (Wildman–Crippen LogP) is 2.72. The van der Waals surface area contributed by atoms with Gasteiger partial charge in [0.2, 0.25) is 0 Å². The molecule has 0 saturated carbocycles. The van der Waals surface area contributed by atoms with Crippen LogP contribution in [0.1, 0.15) is 35.7 Å². The molecular formula is C26H28N2O3. The predicted molar refractivity (Wildman–Crippen MR) is 119 cm³/mol. The zero-order chi connectivity index (χ0) is 21.4. The summed E-state index contributed by atoms with van der Waals surface area (Å²) in [5.74, 6) is 0.248. The zero-order valence-electron chi connectivity index (χ0n) is 17.8. The van der Waals surface area contributed by atoms with Gasteiger partial charge in [0.25, 0.3) is 0 Å². The van der Waals surface area contributed by atoms with Crippen molar-refractivity contribution in [3.8, 4) is 5.75 Å². The fraction of sp³-hybridized carbons (Fsp3) is 0.423. The molecule has 0 unspecified atom stereocenters. The van der Waals surface area contributed by atoms with Gasteiger partial charge in [0.1, 0.15) is 5.75 Å². The molecule has 4 atom stereocenters. The molecule has 5 heteroatoms. The van der Waals surface area contributed by atoms with Gasteiger partial charge in [-0.2, -0.15) is 0 Å². The molecule has 0 spiro atoms. The van der Waals surface area contributed by atoms with Crippen molar-refractivity contribution in [3.05, 3.63) is 70.9 Å².